The first kappa shape index (κ1) is 9.51. The van der Waals surface area contributed by atoms with E-state index in [9.17, 15) is 4.79 Å². The number of hydrogen-bond acceptors (Lipinski definition) is 3. The van der Waals surface area contributed by atoms with Crippen molar-refractivity contribution in [2.24, 2.45) is 0 Å². The fraction of sp³-hybridized carbons (Fsp3) is 0.333. The van der Waals surface area contributed by atoms with Gasteiger partial charge in [-0.25, -0.2) is 14.2 Å². The molecule has 2 aromatic rings. The first-order valence-corrected chi connectivity index (χ1v) is 4.21. The summed E-state index contributed by atoms with van der Waals surface area (Å²) < 4.78 is 6.06. The van der Waals surface area contributed by atoms with Crippen LogP contribution in [-0.4, -0.2) is 9.38 Å². The number of aromatic nitrogens is 2. The molecule has 4 nitrogen and oxygen atoms in total. The third-order valence-corrected chi connectivity index (χ3v) is 1.53. The van der Waals surface area contributed by atoms with Crippen molar-refractivity contribution in [1.29, 1.82) is 0 Å². The fourth-order valence-corrected chi connectivity index (χ4v) is 1.02. The van der Waals surface area contributed by atoms with Gasteiger partial charge in [0, 0.05) is 18.0 Å². The Labute approximate surface area is 75.8 Å². The number of fused-ring (bicyclic) bond motifs is 1. The maximum atomic E-state index is 11.0. The Morgan fingerprint density at radius 2 is 2.15 bits per heavy atom. The molecule has 0 fully saturated rings. The maximum Gasteiger partial charge on any atom is 0.424 e. The average Bonchev–Trinajstić information content (AvgIpc) is 2.53. The lowest BCUT2D eigenvalue weighted by atomic mass is 10.5. The van der Waals surface area contributed by atoms with Crippen LogP contribution >= 0.6 is 0 Å². The molecule has 0 amide bonds. The molecule has 13 heavy (non-hydrogen) atoms. The second kappa shape index (κ2) is 3.89. The van der Waals surface area contributed by atoms with Crippen LogP contribution in [0.15, 0.2) is 27.7 Å². The Morgan fingerprint density at radius 3 is 2.77 bits per heavy atom. The molecule has 0 aliphatic heterocycles. The van der Waals surface area contributed by atoms with Crippen molar-refractivity contribution in [2.75, 3.05) is 0 Å². The molecule has 2 aromatic heterocycles. The first-order valence-electron chi connectivity index (χ1n) is 4.21. The summed E-state index contributed by atoms with van der Waals surface area (Å²) in [5.41, 5.74) is 1.41. The zero-order valence-corrected chi connectivity index (χ0v) is 7.94. The number of imidazole rings is 1. The molecule has 0 aliphatic rings. The third-order valence-electron chi connectivity index (χ3n) is 1.53. The Morgan fingerprint density at radius 1 is 1.46 bits per heavy atom. The largest absolute Gasteiger partial charge is 0.424 e. The Hall–Kier alpha value is -1.58. The highest BCUT2D eigenvalue weighted by Crippen LogP contribution is 1.99. The molecule has 0 bridgehead atoms. The van der Waals surface area contributed by atoms with Gasteiger partial charge in [-0.2, -0.15) is 0 Å². The SMILES string of the molecule is CC.Cc1cnc2ccoc(=O)n12. The predicted molar refractivity (Wildman–Crippen MR) is 49.8 cm³/mol. The zero-order valence-electron chi connectivity index (χ0n) is 7.94. The average molecular weight is 180 g/mol. The number of rotatable bonds is 0. The minimum Gasteiger partial charge on any atom is -0.417 e. The summed E-state index contributed by atoms with van der Waals surface area (Å²) >= 11 is 0. The molecule has 0 aromatic carbocycles. The Kier molecular flexibility index (Phi) is 2.84. The number of nitrogens with zero attached hydrogens (tertiary/aromatic N) is 2. The van der Waals surface area contributed by atoms with E-state index in [1.807, 2.05) is 13.8 Å². The highest BCUT2D eigenvalue weighted by atomic mass is 16.4. The van der Waals surface area contributed by atoms with Gasteiger partial charge in [0.05, 0.1) is 0 Å². The highest BCUT2D eigenvalue weighted by Gasteiger charge is 2.00. The predicted octanol–water partition coefficient (Wildman–Crippen LogP) is 1.62. The van der Waals surface area contributed by atoms with Crippen molar-refractivity contribution in [3.05, 3.63) is 34.8 Å². The van der Waals surface area contributed by atoms with E-state index in [0.717, 1.165) is 5.69 Å². The highest BCUT2D eigenvalue weighted by molar-refractivity contribution is 5.37. The summed E-state index contributed by atoms with van der Waals surface area (Å²) in [6.07, 6.45) is 2.97. The summed E-state index contributed by atoms with van der Waals surface area (Å²) in [7, 11) is 0. The van der Waals surface area contributed by atoms with E-state index in [0.29, 0.717) is 5.65 Å². The Bertz CT molecular complexity index is 442. The van der Waals surface area contributed by atoms with Gasteiger partial charge in [-0.05, 0) is 6.92 Å². The van der Waals surface area contributed by atoms with Crippen LogP contribution in [0.5, 0.6) is 0 Å². The normalized spacial score (nSPS) is 9.46. The molecule has 0 spiro atoms. The van der Waals surface area contributed by atoms with Crippen LogP contribution in [0.3, 0.4) is 0 Å². The smallest absolute Gasteiger partial charge is 0.417 e. The first-order chi connectivity index (χ1) is 6.29. The van der Waals surface area contributed by atoms with Gasteiger partial charge in [0.25, 0.3) is 0 Å². The van der Waals surface area contributed by atoms with E-state index in [-0.39, 0.29) is 0 Å². The van der Waals surface area contributed by atoms with Gasteiger partial charge in [-0.3, -0.25) is 0 Å². The molecule has 70 valence electrons. The van der Waals surface area contributed by atoms with Crippen molar-refractivity contribution >= 4 is 5.65 Å². The van der Waals surface area contributed by atoms with Crippen LogP contribution in [0.1, 0.15) is 19.5 Å². The molecule has 0 atom stereocenters. The molecule has 4 heteroatoms. The van der Waals surface area contributed by atoms with E-state index >= 15 is 0 Å². The Balaban J connectivity index is 0.000000396. The van der Waals surface area contributed by atoms with Gasteiger partial charge < -0.3 is 4.42 Å². The zero-order chi connectivity index (χ0) is 9.84. The van der Waals surface area contributed by atoms with Crippen molar-refractivity contribution < 1.29 is 4.42 Å². The summed E-state index contributed by atoms with van der Waals surface area (Å²) in [6.45, 7) is 5.80. The van der Waals surface area contributed by atoms with Gasteiger partial charge >= 0.3 is 5.76 Å². The molecule has 0 unspecified atom stereocenters. The van der Waals surface area contributed by atoms with Gasteiger partial charge in [0.2, 0.25) is 0 Å². The minimum atomic E-state index is -0.391. The van der Waals surface area contributed by atoms with Crippen molar-refractivity contribution in [3.8, 4) is 0 Å². The second-order valence-corrected chi connectivity index (χ2v) is 2.28. The van der Waals surface area contributed by atoms with Gasteiger partial charge in [-0.15, -0.1) is 0 Å². The third kappa shape index (κ3) is 1.61. The van der Waals surface area contributed by atoms with Crippen LogP contribution in [-0.2, 0) is 0 Å². The standard InChI is InChI=1S/C7H6N2O2.C2H6/c1-5-4-8-6-2-3-11-7(10)9(5)6;1-2/h2-4H,1H3;1-2H3. The fourth-order valence-electron chi connectivity index (χ4n) is 1.02. The molecule has 2 rings (SSSR count). The number of hydrogen-bond donors (Lipinski definition) is 0. The molecule has 0 N–H and O–H groups in total. The molecule has 2 heterocycles. The van der Waals surface area contributed by atoms with E-state index in [2.05, 4.69) is 9.40 Å². The lowest BCUT2D eigenvalue weighted by molar-refractivity contribution is 0.474. The quantitative estimate of drug-likeness (QED) is 0.619. The van der Waals surface area contributed by atoms with Crippen LogP contribution in [0.2, 0.25) is 0 Å². The lowest BCUT2D eigenvalue weighted by Gasteiger charge is -1.89. The van der Waals surface area contributed by atoms with E-state index in [1.54, 1.807) is 19.2 Å². The van der Waals surface area contributed by atoms with Crippen molar-refractivity contribution in [2.45, 2.75) is 20.8 Å². The monoisotopic (exact) mass is 180 g/mol. The van der Waals surface area contributed by atoms with E-state index < -0.39 is 5.76 Å². The van der Waals surface area contributed by atoms with Gasteiger partial charge in [0.15, 0.2) is 0 Å². The number of aryl methyl sites for hydroxylation is 1. The molecule has 0 aliphatic carbocycles. The molecular formula is C9H12N2O2. The second-order valence-electron chi connectivity index (χ2n) is 2.28. The van der Waals surface area contributed by atoms with Crippen molar-refractivity contribution in [3.63, 3.8) is 0 Å². The maximum absolute atomic E-state index is 11.0. The van der Waals surface area contributed by atoms with Crippen LogP contribution in [0.4, 0.5) is 0 Å². The van der Waals surface area contributed by atoms with E-state index in [4.69, 9.17) is 0 Å². The summed E-state index contributed by atoms with van der Waals surface area (Å²) in [6, 6.07) is 1.65. The van der Waals surface area contributed by atoms with E-state index in [1.165, 1.54) is 10.7 Å². The summed E-state index contributed by atoms with van der Waals surface area (Å²) in [5.74, 6) is -0.391. The van der Waals surface area contributed by atoms with Gasteiger partial charge in [0.1, 0.15) is 11.9 Å². The summed E-state index contributed by atoms with van der Waals surface area (Å²) in [5, 5.41) is 0. The van der Waals surface area contributed by atoms with Crippen LogP contribution < -0.4 is 5.76 Å². The van der Waals surface area contributed by atoms with Crippen LogP contribution in [0, 0.1) is 6.92 Å². The lowest BCUT2D eigenvalue weighted by Crippen LogP contribution is -2.10. The molecule has 0 saturated carbocycles. The minimum absolute atomic E-state index is 0.391. The molecular weight excluding hydrogens is 168 g/mol. The molecule has 0 saturated heterocycles. The topological polar surface area (TPSA) is 47.5 Å². The summed E-state index contributed by atoms with van der Waals surface area (Å²) in [4.78, 5) is 15.0. The van der Waals surface area contributed by atoms with Crippen LogP contribution in [0.25, 0.3) is 5.65 Å². The molecule has 0 radical (unpaired) electrons. The van der Waals surface area contributed by atoms with Crippen molar-refractivity contribution in [1.82, 2.24) is 9.38 Å². The van der Waals surface area contributed by atoms with Gasteiger partial charge in [-0.1, -0.05) is 13.8 Å².